The minimum absolute atomic E-state index is 0.0621. The van der Waals surface area contributed by atoms with Gasteiger partial charge >= 0.3 is 5.97 Å². The molecule has 27 heavy (non-hydrogen) atoms. The molecular formula is C19H25N3O5. The molecule has 0 spiro atoms. The van der Waals surface area contributed by atoms with Gasteiger partial charge < -0.3 is 15.7 Å². The fourth-order valence-electron chi connectivity index (χ4n) is 3.07. The predicted octanol–water partition coefficient (Wildman–Crippen LogP) is 3.17. The zero-order valence-corrected chi connectivity index (χ0v) is 15.4. The second-order valence-electron chi connectivity index (χ2n) is 6.73. The first kappa shape index (κ1) is 20.6. The molecule has 1 amide bonds. The summed E-state index contributed by atoms with van der Waals surface area (Å²) in [6.45, 7) is 2.19. The maximum absolute atomic E-state index is 12.2. The van der Waals surface area contributed by atoms with Crippen LogP contribution in [0.2, 0.25) is 0 Å². The maximum Gasteiger partial charge on any atom is 0.321 e. The standard InChI is InChI=1S/C19H25N3O5/c1-13-7-8-15(17(11-13)22(26)27)21-18(23)12-16(19(24)25)20-10-9-14-5-3-2-4-6-14/h5,7-8,11,16,20H,2-4,6,9-10,12H2,1H3,(H,21,23)(H,24,25). The third-order valence-corrected chi connectivity index (χ3v) is 4.53. The number of anilines is 1. The lowest BCUT2D eigenvalue weighted by atomic mass is 9.97. The summed E-state index contributed by atoms with van der Waals surface area (Å²) in [6, 6.07) is 3.41. The molecule has 0 saturated heterocycles. The molecule has 8 nitrogen and oxygen atoms in total. The zero-order valence-electron chi connectivity index (χ0n) is 15.4. The number of carboxylic acids is 1. The number of aliphatic carboxylic acids is 1. The van der Waals surface area contributed by atoms with E-state index in [9.17, 15) is 24.8 Å². The second kappa shape index (κ2) is 9.82. The van der Waals surface area contributed by atoms with E-state index in [4.69, 9.17) is 0 Å². The molecule has 1 aromatic carbocycles. The Morgan fingerprint density at radius 1 is 1.33 bits per heavy atom. The third-order valence-electron chi connectivity index (χ3n) is 4.53. The fourth-order valence-corrected chi connectivity index (χ4v) is 3.07. The molecule has 2 rings (SSSR count). The molecule has 0 aromatic heterocycles. The van der Waals surface area contributed by atoms with E-state index in [1.807, 2.05) is 0 Å². The van der Waals surface area contributed by atoms with Crippen LogP contribution in [0.25, 0.3) is 0 Å². The van der Waals surface area contributed by atoms with Crippen molar-refractivity contribution in [3.63, 3.8) is 0 Å². The van der Waals surface area contributed by atoms with E-state index in [0.717, 1.165) is 25.7 Å². The summed E-state index contributed by atoms with van der Waals surface area (Å²) in [5.74, 6) is -1.71. The van der Waals surface area contributed by atoms with Crippen molar-refractivity contribution < 1.29 is 19.6 Å². The first-order valence-electron chi connectivity index (χ1n) is 9.06. The number of allylic oxidation sites excluding steroid dienone is 1. The average Bonchev–Trinajstić information content (AvgIpc) is 2.63. The van der Waals surface area contributed by atoms with Crippen LogP contribution in [0.3, 0.4) is 0 Å². The summed E-state index contributed by atoms with van der Waals surface area (Å²) < 4.78 is 0. The normalized spacial score (nSPS) is 14.9. The van der Waals surface area contributed by atoms with Gasteiger partial charge in [0.25, 0.3) is 5.69 Å². The van der Waals surface area contributed by atoms with Crippen LogP contribution in [-0.2, 0) is 9.59 Å². The number of rotatable bonds is 9. The molecule has 0 radical (unpaired) electrons. The number of carboxylic acid groups (broad SMARTS) is 1. The second-order valence-corrected chi connectivity index (χ2v) is 6.73. The molecule has 3 N–H and O–H groups in total. The number of benzene rings is 1. The lowest BCUT2D eigenvalue weighted by Gasteiger charge is -2.17. The van der Waals surface area contributed by atoms with E-state index >= 15 is 0 Å². The van der Waals surface area contributed by atoms with E-state index in [2.05, 4.69) is 16.7 Å². The van der Waals surface area contributed by atoms with Crippen molar-refractivity contribution in [1.29, 1.82) is 0 Å². The zero-order chi connectivity index (χ0) is 19.8. The SMILES string of the molecule is Cc1ccc(NC(=O)CC(NCCC2=CCCCC2)C(=O)O)c([N+](=O)[O-])c1. The van der Waals surface area contributed by atoms with Gasteiger partial charge in [-0.3, -0.25) is 19.7 Å². The van der Waals surface area contributed by atoms with Gasteiger partial charge in [-0.05, 0) is 57.2 Å². The molecule has 0 aliphatic heterocycles. The number of carbonyl (C=O) groups is 2. The van der Waals surface area contributed by atoms with Gasteiger partial charge in [0.1, 0.15) is 11.7 Å². The number of nitro groups is 1. The Balaban J connectivity index is 1.92. The van der Waals surface area contributed by atoms with Gasteiger partial charge in [-0.25, -0.2) is 0 Å². The minimum Gasteiger partial charge on any atom is -0.480 e. The summed E-state index contributed by atoms with van der Waals surface area (Å²) in [5.41, 5.74) is 1.86. The highest BCUT2D eigenvalue weighted by atomic mass is 16.6. The topological polar surface area (TPSA) is 122 Å². The number of carbonyl (C=O) groups excluding carboxylic acids is 1. The highest BCUT2D eigenvalue weighted by molar-refractivity contribution is 5.95. The van der Waals surface area contributed by atoms with E-state index in [-0.39, 0.29) is 17.8 Å². The van der Waals surface area contributed by atoms with Crippen molar-refractivity contribution in [1.82, 2.24) is 5.32 Å². The smallest absolute Gasteiger partial charge is 0.321 e. The van der Waals surface area contributed by atoms with Gasteiger partial charge in [-0.2, -0.15) is 0 Å². The van der Waals surface area contributed by atoms with Crippen molar-refractivity contribution in [3.05, 3.63) is 45.5 Å². The highest BCUT2D eigenvalue weighted by Crippen LogP contribution is 2.25. The molecule has 0 heterocycles. The largest absolute Gasteiger partial charge is 0.480 e. The predicted molar refractivity (Wildman–Crippen MR) is 102 cm³/mol. The number of nitrogens with one attached hydrogen (secondary N) is 2. The number of hydrogen-bond donors (Lipinski definition) is 3. The molecule has 0 fully saturated rings. The van der Waals surface area contributed by atoms with Gasteiger partial charge in [0, 0.05) is 6.07 Å². The van der Waals surface area contributed by atoms with Crippen LogP contribution < -0.4 is 10.6 Å². The molecule has 146 valence electrons. The Hall–Kier alpha value is -2.74. The lowest BCUT2D eigenvalue weighted by molar-refractivity contribution is -0.384. The monoisotopic (exact) mass is 375 g/mol. The maximum atomic E-state index is 12.2. The highest BCUT2D eigenvalue weighted by Gasteiger charge is 2.23. The van der Waals surface area contributed by atoms with Gasteiger partial charge in [0.05, 0.1) is 11.3 Å². The first-order chi connectivity index (χ1) is 12.9. The van der Waals surface area contributed by atoms with Crippen molar-refractivity contribution >= 4 is 23.3 Å². The van der Waals surface area contributed by atoms with E-state index in [0.29, 0.717) is 12.1 Å². The van der Waals surface area contributed by atoms with E-state index in [1.165, 1.54) is 24.1 Å². The van der Waals surface area contributed by atoms with Crippen LogP contribution in [0.4, 0.5) is 11.4 Å². The van der Waals surface area contributed by atoms with Crippen LogP contribution in [0, 0.1) is 17.0 Å². The van der Waals surface area contributed by atoms with Crippen LogP contribution in [0.15, 0.2) is 29.8 Å². The Morgan fingerprint density at radius 3 is 2.74 bits per heavy atom. The van der Waals surface area contributed by atoms with Crippen LogP contribution >= 0.6 is 0 Å². The third kappa shape index (κ3) is 6.49. The van der Waals surface area contributed by atoms with Crippen LogP contribution in [0.1, 0.15) is 44.1 Å². The molecule has 8 heteroatoms. The summed E-state index contributed by atoms with van der Waals surface area (Å²) >= 11 is 0. The molecule has 1 aliphatic rings. The van der Waals surface area contributed by atoms with Crippen molar-refractivity contribution in [3.8, 4) is 0 Å². The van der Waals surface area contributed by atoms with Gasteiger partial charge in [0.2, 0.25) is 5.91 Å². The number of nitro benzene ring substituents is 1. The molecular weight excluding hydrogens is 350 g/mol. The number of hydrogen-bond acceptors (Lipinski definition) is 5. The molecule has 1 atom stereocenters. The summed E-state index contributed by atoms with van der Waals surface area (Å²) in [5, 5.41) is 25.8. The molecule has 1 aromatic rings. The van der Waals surface area contributed by atoms with E-state index < -0.39 is 22.8 Å². The minimum atomic E-state index is -1.12. The Labute approximate surface area is 157 Å². The quantitative estimate of drug-likeness (QED) is 0.346. The Kier molecular flexibility index (Phi) is 7.48. The molecule has 0 saturated carbocycles. The number of amides is 1. The van der Waals surface area contributed by atoms with E-state index in [1.54, 1.807) is 13.0 Å². The van der Waals surface area contributed by atoms with Crippen molar-refractivity contribution in [2.45, 2.75) is 51.5 Å². The van der Waals surface area contributed by atoms with Gasteiger partial charge in [0.15, 0.2) is 0 Å². The lowest BCUT2D eigenvalue weighted by Crippen LogP contribution is -2.40. The van der Waals surface area contributed by atoms with Crippen molar-refractivity contribution in [2.24, 2.45) is 0 Å². The summed E-state index contributed by atoms with van der Waals surface area (Å²) in [7, 11) is 0. The number of aryl methyl sites for hydroxylation is 1. The first-order valence-corrected chi connectivity index (χ1v) is 9.06. The van der Waals surface area contributed by atoms with Crippen LogP contribution in [0.5, 0.6) is 0 Å². The summed E-state index contributed by atoms with van der Waals surface area (Å²) in [6.07, 6.45) is 7.11. The Morgan fingerprint density at radius 2 is 2.11 bits per heavy atom. The van der Waals surface area contributed by atoms with Gasteiger partial charge in [-0.15, -0.1) is 0 Å². The van der Waals surface area contributed by atoms with Gasteiger partial charge in [-0.1, -0.05) is 17.7 Å². The summed E-state index contributed by atoms with van der Waals surface area (Å²) in [4.78, 5) is 34.2. The molecule has 1 unspecified atom stereocenters. The number of nitrogens with zero attached hydrogens (tertiary/aromatic N) is 1. The average molecular weight is 375 g/mol. The fraction of sp³-hybridized carbons (Fsp3) is 0.474. The Bertz CT molecular complexity index is 745. The van der Waals surface area contributed by atoms with Crippen LogP contribution in [-0.4, -0.2) is 34.5 Å². The van der Waals surface area contributed by atoms with Crippen molar-refractivity contribution in [2.75, 3.05) is 11.9 Å². The molecule has 1 aliphatic carbocycles. The molecule has 0 bridgehead atoms.